The van der Waals surface area contributed by atoms with Gasteiger partial charge in [0.1, 0.15) is 4.90 Å². The fourth-order valence-electron chi connectivity index (χ4n) is 1.88. The van der Waals surface area contributed by atoms with Crippen molar-refractivity contribution >= 4 is 31.6 Å². The van der Waals surface area contributed by atoms with Crippen molar-refractivity contribution in [3.05, 3.63) is 22.7 Å². The second-order valence-corrected chi connectivity index (χ2v) is 7.21. The van der Waals surface area contributed by atoms with Crippen LogP contribution in [-0.2, 0) is 10.0 Å². The van der Waals surface area contributed by atoms with E-state index < -0.39 is 10.0 Å². The van der Waals surface area contributed by atoms with Crippen LogP contribution in [0.4, 0.5) is 5.69 Å². The van der Waals surface area contributed by atoms with Crippen LogP contribution in [-0.4, -0.2) is 25.3 Å². The summed E-state index contributed by atoms with van der Waals surface area (Å²) in [6.45, 7) is 0.218. The molecule has 0 spiro atoms. The largest absolute Gasteiger partial charge is 0.398 e. The Bertz CT molecular complexity index is 620. The predicted octanol–water partition coefficient (Wildman–Crippen LogP) is 2.10. The van der Waals surface area contributed by atoms with Crippen LogP contribution < -0.4 is 5.73 Å². The molecule has 1 saturated carbocycles. The van der Waals surface area contributed by atoms with Gasteiger partial charge in [0.2, 0.25) is 10.0 Å². The van der Waals surface area contributed by atoms with Crippen molar-refractivity contribution in [2.75, 3.05) is 12.3 Å². The molecule has 5 nitrogen and oxygen atoms in total. The van der Waals surface area contributed by atoms with E-state index in [1.165, 1.54) is 10.4 Å². The standard InChI is InChI=1S/C12H14BrN3O2S/c13-9-2-5-11(15)12(8-9)19(17,18)16(7-1-6-14)10-3-4-10/h2,5,8,10H,1,3-4,7,15H2. The molecule has 0 bridgehead atoms. The molecule has 0 heterocycles. The molecule has 1 aliphatic carbocycles. The van der Waals surface area contributed by atoms with Crippen molar-refractivity contribution in [1.29, 1.82) is 5.26 Å². The molecular formula is C12H14BrN3O2S. The molecular weight excluding hydrogens is 330 g/mol. The monoisotopic (exact) mass is 343 g/mol. The van der Waals surface area contributed by atoms with E-state index in [0.717, 1.165) is 12.8 Å². The fourth-order valence-corrected chi connectivity index (χ4v) is 4.22. The van der Waals surface area contributed by atoms with Gasteiger partial charge in [0.15, 0.2) is 0 Å². The van der Waals surface area contributed by atoms with Crippen molar-refractivity contribution < 1.29 is 8.42 Å². The first kappa shape index (κ1) is 14.3. The molecule has 1 aromatic rings. The number of nitrogens with two attached hydrogens (primary N) is 1. The van der Waals surface area contributed by atoms with Crippen molar-refractivity contribution in [2.24, 2.45) is 0 Å². The predicted molar refractivity (Wildman–Crippen MR) is 75.7 cm³/mol. The van der Waals surface area contributed by atoms with Crippen LogP contribution in [0.5, 0.6) is 0 Å². The molecule has 102 valence electrons. The van der Waals surface area contributed by atoms with E-state index in [0.29, 0.717) is 4.47 Å². The summed E-state index contributed by atoms with van der Waals surface area (Å²) in [5, 5.41) is 8.65. The van der Waals surface area contributed by atoms with E-state index in [1.54, 1.807) is 12.1 Å². The molecule has 0 radical (unpaired) electrons. The quantitative estimate of drug-likeness (QED) is 0.829. The number of hydrogen-bond donors (Lipinski definition) is 1. The Morgan fingerprint density at radius 2 is 2.16 bits per heavy atom. The molecule has 19 heavy (non-hydrogen) atoms. The summed E-state index contributed by atoms with van der Waals surface area (Å²) in [5.74, 6) is 0. The van der Waals surface area contributed by atoms with Crippen LogP contribution in [0.25, 0.3) is 0 Å². The van der Waals surface area contributed by atoms with Gasteiger partial charge in [0.25, 0.3) is 0 Å². The van der Waals surface area contributed by atoms with E-state index in [1.807, 2.05) is 6.07 Å². The highest BCUT2D eigenvalue weighted by Gasteiger charge is 2.38. The number of nitrogen functional groups attached to an aromatic ring is 1. The topological polar surface area (TPSA) is 87.2 Å². The SMILES string of the molecule is N#CCCN(C1CC1)S(=O)(=O)c1cc(Br)ccc1N. The molecule has 0 amide bonds. The summed E-state index contributed by atoms with van der Waals surface area (Å²) in [7, 11) is -3.64. The number of hydrogen-bond acceptors (Lipinski definition) is 4. The third-order valence-electron chi connectivity index (χ3n) is 2.96. The minimum absolute atomic E-state index is 0.0109. The highest BCUT2D eigenvalue weighted by atomic mass is 79.9. The lowest BCUT2D eigenvalue weighted by molar-refractivity contribution is 0.411. The van der Waals surface area contributed by atoms with Crippen molar-refractivity contribution in [1.82, 2.24) is 4.31 Å². The Morgan fingerprint density at radius 3 is 2.74 bits per heavy atom. The number of nitrogens with zero attached hydrogens (tertiary/aromatic N) is 2. The molecule has 1 aliphatic rings. The summed E-state index contributed by atoms with van der Waals surface area (Å²) in [6, 6.07) is 6.76. The lowest BCUT2D eigenvalue weighted by Crippen LogP contribution is -2.34. The summed E-state index contributed by atoms with van der Waals surface area (Å²) in [6.07, 6.45) is 1.88. The van der Waals surface area contributed by atoms with Crippen molar-refractivity contribution in [2.45, 2.75) is 30.2 Å². The number of anilines is 1. The minimum atomic E-state index is -3.64. The van der Waals surface area contributed by atoms with Crippen molar-refractivity contribution in [3.63, 3.8) is 0 Å². The van der Waals surface area contributed by atoms with Crippen LogP contribution in [0.1, 0.15) is 19.3 Å². The molecule has 1 fully saturated rings. The Hall–Kier alpha value is -1.10. The smallest absolute Gasteiger partial charge is 0.245 e. The molecule has 2 N–H and O–H groups in total. The maximum absolute atomic E-state index is 12.6. The zero-order chi connectivity index (χ0) is 14.0. The normalized spacial score (nSPS) is 15.4. The Morgan fingerprint density at radius 1 is 1.47 bits per heavy atom. The van der Waals surface area contributed by atoms with Gasteiger partial charge in [0, 0.05) is 23.5 Å². The first-order valence-corrected chi connectivity index (χ1v) is 8.14. The highest BCUT2D eigenvalue weighted by Crippen LogP contribution is 2.34. The second-order valence-electron chi connectivity index (χ2n) is 4.44. The third-order valence-corrected chi connectivity index (χ3v) is 5.46. The average molecular weight is 344 g/mol. The van der Waals surface area contributed by atoms with Gasteiger partial charge in [-0.15, -0.1) is 0 Å². The number of benzene rings is 1. The van der Waals surface area contributed by atoms with Crippen LogP contribution in [0.3, 0.4) is 0 Å². The maximum atomic E-state index is 12.6. The summed E-state index contributed by atoms with van der Waals surface area (Å²) in [4.78, 5) is 0.103. The second kappa shape index (κ2) is 5.49. The van der Waals surface area contributed by atoms with Gasteiger partial charge in [-0.05, 0) is 31.0 Å². The minimum Gasteiger partial charge on any atom is -0.398 e. The molecule has 0 aromatic heterocycles. The lowest BCUT2D eigenvalue weighted by atomic mass is 10.3. The Labute approximate surface area is 121 Å². The Kier molecular flexibility index (Phi) is 4.13. The zero-order valence-corrected chi connectivity index (χ0v) is 12.6. The molecule has 0 aliphatic heterocycles. The molecule has 1 aromatic carbocycles. The number of nitriles is 1. The lowest BCUT2D eigenvalue weighted by Gasteiger charge is -2.21. The summed E-state index contributed by atoms with van der Waals surface area (Å²) < 4.78 is 27.3. The number of halogens is 1. The van der Waals surface area contributed by atoms with E-state index in [-0.39, 0.29) is 29.6 Å². The van der Waals surface area contributed by atoms with Gasteiger partial charge in [0.05, 0.1) is 11.8 Å². The van der Waals surface area contributed by atoms with Gasteiger partial charge in [-0.2, -0.15) is 9.57 Å². The third kappa shape index (κ3) is 3.08. The highest BCUT2D eigenvalue weighted by molar-refractivity contribution is 9.10. The molecule has 2 rings (SSSR count). The Balaban J connectivity index is 2.39. The van der Waals surface area contributed by atoms with Gasteiger partial charge in [-0.3, -0.25) is 0 Å². The van der Waals surface area contributed by atoms with Gasteiger partial charge in [-0.1, -0.05) is 15.9 Å². The number of rotatable bonds is 5. The first-order valence-electron chi connectivity index (χ1n) is 5.90. The maximum Gasteiger partial charge on any atom is 0.245 e. The van der Waals surface area contributed by atoms with E-state index in [2.05, 4.69) is 15.9 Å². The van der Waals surface area contributed by atoms with Crippen LogP contribution >= 0.6 is 15.9 Å². The van der Waals surface area contributed by atoms with Crippen LogP contribution in [0.15, 0.2) is 27.6 Å². The molecule has 0 atom stereocenters. The van der Waals surface area contributed by atoms with Crippen molar-refractivity contribution in [3.8, 4) is 6.07 Å². The van der Waals surface area contributed by atoms with E-state index in [4.69, 9.17) is 11.0 Å². The van der Waals surface area contributed by atoms with E-state index in [9.17, 15) is 8.42 Å². The van der Waals surface area contributed by atoms with Gasteiger partial charge in [-0.25, -0.2) is 8.42 Å². The molecule has 0 saturated heterocycles. The average Bonchev–Trinajstić information content (AvgIpc) is 3.17. The van der Waals surface area contributed by atoms with Gasteiger partial charge >= 0.3 is 0 Å². The first-order chi connectivity index (χ1) is 8.96. The number of sulfonamides is 1. The van der Waals surface area contributed by atoms with Crippen LogP contribution in [0.2, 0.25) is 0 Å². The molecule has 7 heteroatoms. The van der Waals surface area contributed by atoms with Crippen LogP contribution in [0, 0.1) is 11.3 Å². The summed E-state index contributed by atoms with van der Waals surface area (Å²) >= 11 is 3.25. The zero-order valence-electron chi connectivity index (χ0n) is 10.2. The summed E-state index contributed by atoms with van der Waals surface area (Å²) in [5.41, 5.74) is 6.00. The fraction of sp³-hybridized carbons (Fsp3) is 0.417. The molecule has 0 unspecified atom stereocenters. The van der Waals surface area contributed by atoms with E-state index >= 15 is 0 Å². The van der Waals surface area contributed by atoms with Gasteiger partial charge < -0.3 is 5.73 Å².